The van der Waals surface area contributed by atoms with Gasteiger partial charge in [0.1, 0.15) is 12.4 Å². The molecule has 3 N–H and O–H groups in total. The number of rotatable bonds is 7. The van der Waals surface area contributed by atoms with Gasteiger partial charge in [0.05, 0.1) is 6.54 Å². The van der Waals surface area contributed by atoms with Gasteiger partial charge in [-0.15, -0.1) is 0 Å². The van der Waals surface area contributed by atoms with Gasteiger partial charge < -0.3 is 15.8 Å². The molecule has 5 nitrogen and oxygen atoms in total. The van der Waals surface area contributed by atoms with E-state index in [2.05, 4.69) is 29.1 Å². The van der Waals surface area contributed by atoms with Crippen LogP contribution in [-0.4, -0.2) is 17.0 Å². The van der Waals surface area contributed by atoms with Gasteiger partial charge in [-0.3, -0.25) is 4.98 Å². The molecular formula is C18H24N4O. The van der Waals surface area contributed by atoms with Crippen LogP contribution in [-0.2, 0) is 13.2 Å². The number of hydrogen-bond acceptors (Lipinski definition) is 3. The lowest BCUT2D eigenvalue weighted by molar-refractivity contribution is 0.305. The van der Waals surface area contributed by atoms with Gasteiger partial charge in [-0.1, -0.05) is 25.1 Å². The lowest BCUT2D eigenvalue weighted by Gasteiger charge is -2.11. The fourth-order valence-electron chi connectivity index (χ4n) is 1.92. The number of guanidine groups is 1. The maximum atomic E-state index is 5.85. The molecule has 2 rings (SSSR count). The Hall–Kier alpha value is -2.56. The summed E-state index contributed by atoms with van der Waals surface area (Å²) >= 11 is 0. The highest BCUT2D eigenvalue weighted by Crippen LogP contribution is 2.14. The van der Waals surface area contributed by atoms with Crippen LogP contribution in [0.5, 0.6) is 5.75 Å². The normalized spacial score (nSPS) is 12.7. The lowest BCUT2D eigenvalue weighted by atomic mass is 10.2. The van der Waals surface area contributed by atoms with E-state index in [1.54, 1.807) is 12.4 Å². The number of benzene rings is 1. The van der Waals surface area contributed by atoms with Crippen molar-refractivity contribution in [2.75, 3.05) is 0 Å². The van der Waals surface area contributed by atoms with E-state index < -0.39 is 0 Å². The molecule has 0 spiro atoms. The summed E-state index contributed by atoms with van der Waals surface area (Å²) in [5.74, 6) is 1.31. The van der Waals surface area contributed by atoms with Crippen LogP contribution in [0.3, 0.4) is 0 Å². The molecule has 0 aliphatic rings. The Balaban J connectivity index is 1.83. The van der Waals surface area contributed by atoms with Crippen LogP contribution >= 0.6 is 0 Å². The lowest BCUT2D eigenvalue weighted by Crippen LogP contribution is -2.38. The van der Waals surface area contributed by atoms with Crippen molar-refractivity contribution >= 4 is 5.96 Å². The summed E-state index contributed by atoms with van der Waals surface area (Å²) in [4.78, 5) is 8.41. The molecule has 0 bridgehead atoms. The maximum absolute atomic E-state index is 5.85. The number of aromatic nitrogens is 1. The molecule has 1 aromatic heterocycles. The molecule has 0 saturated carbocycles. The molecule has 1 atom stereocenters. The summed E-state index contributed by atoms with van der Waals surface area (Å²) in [6.07, 6.45) is 4.57. The molecule has 1 unspecified atom stereocenters. The molecule has 0 aliphatic heterocycles. The second-order valence-electron chi connectivity index (χ2n) is 5.45. The summed E-state index contributed by atoms with van der Waals surface area (Å²) in [5, 5.41) is 3.15. The van der Waals surface area contributed by atoms with Crippen molar-refractivity contribution in [2.24, 2.45) is 10.7 Å². The molecule has 122 valence electrons. The minimum atomic E-state index is 0.335. The summed E-state index contributed by atoms with van der Waals surface area (Å²) in [6.45, 7) is 5.25. The zero-order valence-corrected chi connectivity index (χ0v) is 13.7. The highest BCUT2D eigenvalue weighted by Gasteiger charge is 2.00. The van der Waals surface area contributed by atoms with Crippen molar-refractivity contribution in [2.45, 2.75) is 39.5 Å². The molecule has 0 saturated heterocycles. The molecule has 23 heavy (non-hydrogen) atoms. The zero-order valence-electron chi connectivity index (χ0n) is 13.7. The summed E-state index contributed by atoms with van der Waals surface area (Å²) < 4.78 is 5.73. The van der Waals surface area contributed by atoms with Crippen molar-refractivity contribution in [3.05, 3.63) is 59.9 Å². The minimum absolute atomic E-state index is 0.335. The van der Waals surface area contributed by atoms with Crippen LogP contribution in [0.15, 0.2) is 53.8 Å². The van der Waals surface area contributed by atoms with E-state index in [0.29, 0.717) is 25.2 Å². The van der Waals surface area contributed by atoms with E-state index in [1.165, 1.54) is 0 Å². The fraction of sp³-hybridized carbons (Fsp3) is 0.333. The van der Waals surface area contributed by atoms with Gasteiger partial charge in [-0.25, -0.2) is 4.99 Å². The number of aliphatic imine (C=N–C) groups is 1. The standard InChI is InChI=1S/C18H24N4O/c1-3-14(2)22-18(19)21-12-15-6-8-17(9-7-15)23-13-16-5-4-10-20-11-16/h4-11,14H,3,12-13H2,1-2H3,(H3,19,21,22). The smallest absolute Gasteiger partial charge is 0.189 e. The number of nitrogens with two attached hydrogens (primary N) is 1. The van der Waals surface area contributed by atoms with Crippen LogP contribution in [0.4, 0.5) is 0 Å². The predicted molar refractivity (Wildman–Crippen MR) is 93.2 cm³/mol. The Morgan fingerprint density at radius 2 is 2.04 bits per heavy atom. The van der Waals surface area contributed by atoms with Crippen molar-refractivity contribution < 1.29 is 4.74 Å². The third kappa shape index (κ3) is 5.98. The molecule has 0 radical (unpaired) electrons. The highest BCUT2D eigenvalue weighted by molar-refractivity contribution is 5.78. The second-order valence-corrected chi connectivity index (χ2v) is 5.45. The van der Waals surface area contributed by atoms with Crippen LogP contribution in [0.1, 0.15) is 31.4 Å². The van der Waals surface area contributed by atoms with Crippen molar-refractivity contribution in [3.63, 3.8) is 0 Å². The van der Waals surface area contributed by atoms with E-state index in [1.807, 2.05) is 36.4 Å². The van der Waals surface area contributed by atoms with E-state index in [9.17, 15) is 0 Å². The van der Waals surface area contributed by atoms with E-state index >= 15 is 0 Å². The van der Waals surface area contributed by atoms with Gasteiger partial charge in [0.25, 0.3) is 0 Å². The average molecular weight is 312 g/mol. The predicted octanol–water partition coefficient (Wildman–Crippen LogP) is 2.86. The molecule has 1 aromatic carbocycles. The molecule has 1 heterocycles. The summed E-state index contributed by atoms with van der Waals surface area (Å²) in [6, 6.07) is 12.1. The molecule has 0 amide bonds. The number of pyridine rings is 1. The monoisotopic (exact) mass is 312 g/mol. The first-order valence-electron chi connectivity index (χ1n) is 7.84. The molecule has 0 aliphatic carbocycles. The van der Waals surface area contributed by atoms with Gasteiger partial charge in [0, 0.05) is 24.0 Å². The van der Waals surface area contributed by atoms with Gasteiger partial charge in [-0.05, 0) is 37.1 Å². The minimum Gasteiger partial charge on any atom is -0.489 e. The first-order valence-corrected chi connectivity index (χ1v) is 7.84. The van der Waals surface area contributed by atoms with Crippen LogP contribution < -0.4 is 15.8 Å². The third-order valence-electron chi connectivity index (χ3n) is 3.49. The van der Waals surface area contributed by atoms with Gasteiger partial charge >= 0.3 is 0 Å². The number of hydrogen-bond donors (Lipinski definition) is 2. The van der Waals surface area contributed by atoms with E-state index in [4.69, 9.17) is 10.5 Å². The van der Waals surface area contributed by atoms with Crippen LogP contribution in [0, 0.1) is 0 Å². The Labute approximate surface area is 137 Å². The number of ether oxygens (including phenoxy) is 1. The summed E-state index contributed by atoms with van der Waals surface area (Å²) in [7, 11) is 0. The SMILES string of the molecule is CCC(C)NC(N)=NCc1ccc(OCc2cccnc2)cc1. The number of nitrogens with one attached hydrogen (secondary N) is 1. The quantitative estimate of drug-likeness (QED) is 0.609. The Morgan fingerprint density at radius 3 is 2.70 bits per heavy atom. The second kappa shape index (κ2) is 8.78. The fourth-order valence-corrected chi connectivity index (χ4v) is 1.92. The Bertz CT molecular complexity index is 611. The van der Waals surface area contributed by atoms with Crippen molar-refractivity contribution in [1.29, 1.82) is 0 Å². The van der Waals surface area contributed by atoms with E-state index in [0.717, 1.165) is 23.3 Å². The molecule has 2 aromatic rings. The first-order chi connectivity index (χ1) is 11.2. The van der Waals surface area contributed by atoms with Gasteiger partial charge in [-0.2, -0.15) is 0 Å². The van der Waals surface area contributed by atoms with Gasteiger partial charge in [0.2, 0.25) is 0 Å². The molecule has 5 heteroatoms. The van der Waals surface area contributed by atoms with Crippen molar-refractivity contribution in [1.82, 2.24) is 10.3 Å². The Morgan fingerprint density at radius 1 is 1.26 bits per heavy atom. The number of nitrogens with zero attached hydrogens (tertiary/aromatic N) is 2. The average Bonchev–Trinajstić information content (AvgIpc) is 2.60. The third-order valence-corrected chi connectivity index (χ3v) is 3.49. The van der Waals surface area contributed by atoms with Crippen LogP contribution in [0.25, 0.3) is 0 Å². The maximum Gasteiger partial charge on any atom is 0.189 e. The topological polar surface area (TPSA) is 72.5 Å². The summed E-state index contributed by atoms with van der Waals surface area (Å²) in [5.41, 5.74) is 7.99. The first kappa shape index (κ1) is 16.8. The Kier molecular flexibility index (Phi) is 6.41. The van der Waals surface area contributed by atoms with Gasteiger partial charge in [0.15, 0.2) is 5.96 Å². The molecular weight excluding hydrogens is 288 g/mol. The largest absolute Gasteiger partial charge is 0.489 e. The highest BCUT2D eigenvalue weighted by atomic mass is 16.5. The zero-order chi connectivity index (χ0) is 16.5. The van der Waals surface area contributed by atoms with E-state index in [-0.39, 0.29) is 0 Å². The molecule has 0 fully saturated rings. The van der Waals surface area contributed by atoms with Crippen LogP contribution in [0.2, 0.25) is 0 Å². The van der Waals surface area contributed by atoms with Crippen molar-refractivity contribution in [3.8, 4) is 5.75 Å².